The number of ether oxygens (including phenoxy) is 2. The highest BCUT2D eigenvalue weighted by atomic mass is 32.1. The topological polar surface area (TPSA) is 69.9 Å². The zero-order chi connectivity index (χ0) is 24.4. The van der Waals surface area contributed by atoms with E-state index in [2.05, 4.69) is 4.99 Å². The van der Waals surface area contributed by atoms with Gasteiger partial charge in [-0.25, -0.2) is 9.79 Å². The van der Waals surface area contributed by atoms with E-state index in [0.717, 1.165) is 21.8 Å². The van der Waals surface area contributed by atoms with Gasteiger partial charge in [0.25, 0.3) is 5.56 Å². The van der Waals surface area contributed by atoms with E-state index in [-0.39, 0.29) is 12.2 Å². The molecular weight excluding hydrogens is 480 g/mol. The van der Waals surface area contributed by atoms with E-state index < -0.39 is 12.0 Å². The normalized spacial score (nSPS) is 15.5. The van der Waals surface area contributed by atoms with Crippen molar-refractivity contribution in [1.82, 2.24) is 4.57 Å². The molecule has 4 aromatic rings. The lowest BCUT2D eigenvalue weighted by Gasteiger charge is -2.23. The van der Waals surface area contributed by atoms with Crippen LogP contribution in [-0.4, -0.2) is 17.6 Å². The fourth-order valence-corrected chi connectivity index (χ4v) is 5.82. The molecule has 35 heavy (non-hydrogen) atoms. The average molecular weight is 503 g/mol. The molecule has 0 radical (unpaired) electrons. The van der Waals surface area contributed by atoms with Crippen LogP contribution in [0.5, 0.6) is 5.75 Å². The van der Waals surface area contributed by atoms with Gasteiger partial charge >= 0.3 is 5.97 Å². The van der Waals surface area contributed by atoms with Crippen LogP contribution in [-0.2, 0) is 16.1 Å². The molecule has 1 aliphatic heterocycles. The summed E-state index contributed by atoms with van der Waals surface area (Å²) in [6.45, 7) is 1.94. The van der Waals surface area contributed by atoms with Crippen molar-refractivity contribution in [2.75, 3.05) is 7.11 Å². The molecule has 0 saturated carbocycles. The third-order valence-electron chi connectivity index (χ3n) is 5.68. The molecule has 3 heterocycles. The number of fused-ring (bicyclic) bond motifs is 1. The Balaban J connectivity index is 1.56. The largest absolute Gasteiger partial charge is 0.497 e. The fraction of sp³-hybridized carbons (Fsp3) is 0.148. The SMILES string of the molecule is COc1ccc(/C=c2\sc3n(c2=O)[C@@H](c2cccs2)C(C(=O)OCc2ccccc2)=C(C)N=3)cc1. The number of benzene rings is 2. The van der Waals surface area contributed by atoms with E-state index in [4.69, 9.17) is 9.47 Å². The molecule has 0 aliphatic carbocycles. The Morgan fingerprint density at radius 2 is 1.86 bits per heavy atom. The van der Waals surface area contributed by atoms with E-state index in [1.165, 1.54) is 22.7 Å². The Kier molecular flexibility index (Phi) is 6.48. The Morgan fingerprint density at radius 1 is 1.09 bits per heavy atom. The lowest BCUT2D eigenvalue weighted by atomic mass is 10.0. The van der Waals surface area contributed by atoms with Crippen LogP contribution in [0, 0.1) is 0 Å². The number of carbonyl (C=O) groups is 1. The third kappa shape index (κ3) is 4.62. The molecule has 0 N–H and O–H groups in total. The van der Waals surface area contributed by atoms with Crippen molar-refractivity contribution < 1.29 is 14.3 Å². The van der Waals surface area contributed by atoms with Crippen LogP contribution < -0.4 is 19.6 Å². The lowest BCUT2D eigenvalue weighted by molar-refractivity contribution is -0.140. The molecule has 0 bridgehead atoms. The second-order valence-corrected chi connectivity index (χ2v) is 9.92. The molecule has 6 nitrogen and oxygen atoms in total. The molecule has 1 aliphatic rings. The van der Waals surface area contributed by atoms with Crippen LogP contribution in [0.3, 0.4) is 0 Å². The van der Waals surface area contributed by atoms with E-state index >= 15 is 0 Å². The molecule has 0 unspecified atom stereocenters. The number of thiazole rings is 1. The van der Waals surface area contributed by atoms with Gasteiger partial charge in [0, 0.05) is 4.88 Å². The number of carbonyl (C=O) groups excluding carboxylic acids is 1. The molecule has 0 saturated heterocycles. The molecule has 1 atom stereocenters. The summed E-state index contributed by atoms with van der Waals surface area (Å²) in [5.41, 5.74) is 2.51. The van der Waals surface area contributed by atoms with Gasteiger partial charge in [-0.1, -0.05) is 59.9 Å². The van der Waals surface area contributed by atoms with Crippen LogP contribution in [0.25, 0.3) is 6.08 Å². The number of hydrogen-bond donors (Lipinski definition) is 0. The fourth-order valence-electron chi connectivity index (χ4n) is 3.95. The summed E-state index contributed by atoms with van der Waals surface area (Å²) in [5.74, 6) is 0.272. The maximum atomic E-state index is 13.6. The maximum Gasteiger partial charge on any atom is 0.338 e. The number of methoxy groups -OCH3 is 1. The number of rotatable bonds is 6. The van der Waals surface area contributed by atoms with Crippen molar-refractivity contribution in [1.29, 1.82) is 0 Å². The summed E-state index contributed by atoms with van der Waals surface area (Å²) < 4.78 is 13.0. The van der Waals surface area contributed by atoms with Gasteiger partial charge in [-0.2, -0.15) is 0 Å². The predicted molar refractivity (Wildman–Crippen MR) is 137 cm³/mol. The van der Waals surface area contributed by atoms with Crippen molar-refractivity contribution in [3.8, 4) is 5.75 Å². The second-order valence-electron chi connectivity index (χ2n) is 7.93. The number of allylic oxidation sites excluding steroid dienone is 1. The second kappa shape index (κ2) is 9.85. The van der Waals surface area contributed by atoms with Crippen molar-refractivity contribution in [3.63, 3.8) is 0 Å². The first-order valence-electron chi connectivity index (χ1n) is 11.0. The van der Waals surface area contributed by atoms with Gasteiger partial charge < -0.3 is 9.47 Å². The predicted octanol–water partition coefficient (Wildman–Crippen LogP) is 4.05. The minimum atomic E-state index is -0.590. The standard InChI is InChI=1S/C27H22N2O4S2/c1-17-23(26(31)33-16-19-7-4-3-5-8-19)24(21-9-6-14-34-21)29-25(30)22(35-27(29)28-17)15-18-10-12-20(32-2)13-11-18/h3-15,24H,16H2,1-2H3/b22-15-/t24-/m0/s1. The summed E-state index contributed by atoms with van der Waals surface area (Å²) in [4.78, 5) is 33.0. The van der Waals surface area contributed by atoms with E-state index in [1.54, 1.807) is 18.6 Å². The molecular formula is C27H22N2O4S2. The Labute approximate surface area is 209 Å². The molecule has 5 rings (SSSR count). The van der Waals surface area contributed by atoms with E-state index in [9.17, 15) is 9.59 Å². The minimum Gasteiger partial charge on any atom is -0.497 e. The molecule has 2 aromatic heterocycles. The van der Waals surface area contributed by atoms with E-state index in [1.807, 2.05) is 78.2 Å². The third-order valence-corrected chi connectivity index (χ3v) is 7.59. The smallest absolute Gasteiger partial charge is 0.338 e. The highest BCUT2D eigenvalue weighted by molar-refractivity contribution is 7.10. The number of nitrogens with zero attached hydrogens (tertiary/aromatic N) is 2. The molecule has 176 valence electrons. The van der Waals surface area contributed by atoms with Gasteiger partial charge in [-0.15, -0.1) is 11.3 Å². The van der Waals surface area contributed by atoms with Gasteiger partial charge in [-0.3, -0.25) is 9.36 Å². The number of hydrogen-bond acceptors (Lipinski definition) is 7. The summed E-state index contributed by atoms with van der Waals surface area (Å²) in [6.07, 6.45) is 1.83. The Bertz CT molecular complexity index is 1560. The van der Waals surface area contributed by atoms with Gasteiger partial charge in [0.15, 0.2) is 4.80 Å². The van der Waals surface area contributed by atoms with Crippen molar-refractivity contribution in [2.24, 2.45) is 4.99 Å². The molecule has 0 fully saturated rings. The van der Waals surface area contributed by atoms with E-state index in [0.29, 0.717) is 20.6 Å². The summed E-state index contributed by atoms with van der Waals surface area (Å²) in [6, 6.07) is 20.3. The number of thiophene rings is 1. The first-order valence-corrected chi connectivity index (χ1v) is 12.7. The number of esters is 1. The number of aromatic nitrogens is 1. The first-order chi connectivity index (χ1) is 17.0. The molecule has 0 spiro atoms. The van der Waals surface area contributed by atoms with Gasteiger partial charge in [0.05, 0.1) is 22.9 Å². The van der Waals surface area contributed by atoms with Gasteiger partial charge in [-0.05, 0) is 47.7 Å². The highest BCUT2D eigenvalue weighted by Crippen LogP contribution is 2.33. The van der Waals surface area contributed by atoms with Crippen LogP contribution in [0.1, 0.15) is 29.0 Å². The van der Waals surface area contributed by atoms with Crippen LogP contribution in [0.15, 0.2) is 93.2 Å². The Hall–Kier alpha value is -3.75. The monoisotopic (exact) mass is 502 g/mol. The quantitative estimate of drug-likeness (QED) is 0.373. The van der Waals surface area contributed by atoms with Crippen LogP contribution in [0.2, 0.25) is 0 Å². The first kappa shape index (κ1) is 23.0. The molecule has 8 heteroatoms. The summed E-state index contributed by atoms with van der Waals surface area (Å²) in [7, 11) is 1.61. The van der Waals surface area contributed by atoms with Crippen molar-refractivity contribution >= 4 is 34.7 Å². The average Bonchev–Trinajstić information content (AvgIpc) is 3.51. The zero-order valence-electron chi connectivity index (χ0n) is 19.1. The minimum absolute atomic E-state index is 0.148. The van der Waals surface area contributed by atoms with Crippen LogP contribution >= 0.6 is 22.7 Å². The highest BCUT2D eigenvalue weighted by Gasteiger charge is 2.34. The summed E-state index contributed by atoms with van der Waals surface area (Å²) >= 11 is 2.80. The Morgan fingerprint density at radius 3 is 2.54 bits per heavy atom. The molecule has 2 aromatic carbocycles. The van der Waals surface area contributed by atoms with Crippen molar-refractivity contribution in [2.45, 2.75) is 19.6 Å². The van der Waals surface area contributed by atoms with Gasteiger partial charge in [0.1, 0.15) is 18.4 Å². The van der Waals surface area contributed by atoms with Crippen molar-refractivity contribution in [3.05, 3.63) is 119 Å². The van der Waals surface area contributed by atoms with Gasteiger partial charge in [0.2, 0.25) is 0 Å². The maximum absolute atomic E-state index is 13.6. The summed E-state index contributed by atoms with van der Waals surface area (Å²) in [5, 5.41) is 1.94. The lowest BCUT2D eigenvalue weighted by Crippen LogP contribution is -2.39. The molecule has 0 amide bonds. The van der Waals surface area contributed by atoms with Crippen LogP contribution in [0.4, 0.5) is 0 Å². The zero-order valence-corrected chi connectivity index (χ0v) is 20.8.